The van der Waals surface area contributed by atoms with E-state index < -0.39 is 5.60 Å². The largest absolute Gasteiger partial charge is 0.388 e. The summed E-state index contributed by atoms with van der Waals surface area (Å²) in [5.41, 5.74) is 3.93. The van der Waals surface area contributed by atoms with Crippen LogP contribution in [0.2, 0.25) is 0 Å². The van der Waals surface area contributed by atoms with E-state index in [0.29, 0.717) is 6.54 Å². The number of rotatable bonds is 5. The Balaban J connectivity index is 1.62. The third-order valence-electron chi connectivity index (χ3n) is 5.05. The van der Waals surface area contributed by atoms with Crippen LogP contribution in [0.5, 0.6) is 0 Å². The molecule has 2 aromatic heterocycles. The van der Waals surface area contributed by atoms with Crippen LogP contribution in [0.25, 0.3) is 11.1 Å². The molecule has 1 unspecified atom stereocenters. The van der Waals surface area contributed by atoms with Gasteiger partial charge in [0.15, 0.2) is 0 Å². The van der Waals surface area contributed by atoms with Crippen LogP contribution >= 0.6 is 0 Å². The second-order valence-corrected chi connectivity index (χ2v) is 7.55. The van der Waals surface area contributed by atoms with Crippen molar-refractivity contribution in [1.82, 2.24) is 14.8 Å². The highest BCUT2D eigenvalue weighted by molar-refractivity contribution is 5.89. The third-order valence-corrected chi connectivity index (χ3v) is 5.05. The highest BCUT2D eigenvalue weighted by Gasteiger charge is 2.32. The summed E-state index contributed by atoms with van der Waals surface area (Å²) in [4.78, 5) is 6.55. The first kappa shape index (κ1) is 18.2. The maximum absolute atomic E-state index is 10.2. The van der Waals surface area contributed by atoms with Crippen molar-refractivity contribution in [2.24, 2.45) is 7.05 Å². The summed E-state index contributed by atoms with van der Waals surface area (Å²) in [6.45, 7) is 3.22. The Morgan fingerprint density at radius 2 is 2.11 bits per heavy atom. The molecular weight excluding hydrogens is 352 g/mol. The molecule has 28 heavy (non-hydrogen) atoms. The van der Waals surface area contributed by atoms with Crippen LogP contribution in [0.3, 0.4) is 0 Å². The number of anilines is 3. The number of benzene rings is 1. The molecule has 0 aliphatic carbocycles. The predicted molar refractivity (Wildman–Crippen MR) is 112 cm³/mol. The fourth-order valence-corrected chi connectivity index (χ4v) is 3.51. The number of β-amino-alcohol motifs (C(OH)–C–C–N with tert-alkyl or cyclic N) is 1. The molecule has 1 aliphatic heterocycles. The Labute approximate surface area is 164 Å². The average Bonchev–Trinajstić information content (AvgIpc) is 3.27. The second-order valence-electron chi connectivity index (χ2n) is 7.55. The zero-order valence-electron chi connectivity index (χ0n) is 16.1. The minimum atomic E-state index is -0.670. The first-order chi connectivity index (χ1) is 13.4. The van der Waals surface area contributed by atoms with Crippen LogP contribution in [-0.4, -0.2) is 44.8 Å². The quantitative estimate of drug-likeness (QED) is 0.595. The van der Waals surface area contributed by atoms with E-state index in [2.05, 4.69) is 20.3 Å². The molecule has 144 valence electrons. The Morgan fingerprint density at radius 3 is 2.79 bits per heavy atom. The van der Waals surface area contributed by atoms with Crippen molar-refractivity contribution in [1.29, 1.82) is 5.41 Å². The van der Waals surface area contributed by atoms with Gasteiger partial charge in [0.05, 0.1) is 11.8 Å². The van der Waals surface area contributed by atoms with Crippen LogP contribution in [0.15, 0.2) is 48.9 Å². The minimum absolute atomic E-state index is 0.575. The monoisotopic (exact) mass is 376 g/mol. The normalized spacial score (nSPS) is 19.0. The van der Waals surface area contributed by atoms with Crippen LogP contribution in [0.1, 0.15) is 18.9 Å². The number of hydrogen-bond acceptors (Lipinski definition) is 6. The molecule has 0 amide bonds. The molecule has 0 radical (unpaired) electrons. The first-order valence-corrected chi connectivity index (χ1v) is 9.27. The fraction of sp³-hybridized carbons (Fsp3) is 0.286. The number of pyridine rings is 1. The van der Waals surface area contributed by atoms with Gasteiger partial charge in [0.2, 0.25) is 0 Å². The van der Waals surface area contributed by atoms with Gasteiger partial charge in [-0.15, -0.1) is 0 Å². The van der Waals surface area contributed by atoms with Gasteiger partial charge in [-0.05, 0) is 31.0 Å². The van der Waals surface area contributed by atoms with Crippen LogP contribution in [0.4, 0.5) is 17.2 Å². The van der Waals surface area contributed by atoms with Crippen LogP contribution in [-0.2, 0) is 7.05 Å². The highest BCUT2D eigenvalue weighted by Crippen LogP contribution is 2.30. The number of hydrogen-bond donors (Lipinski definition) is 3. The van der Waals surface area contributed by atoms with Crippen molar-refractivity contribution in [2.45, 2.75) is 18.9 Å². The summed E-state index contributed by atoms with van der Waals surface area (Å²) in [7, 11) is 1.89. The molecule has 1 fully saturated rings. The summed E-state index contributed by atoms with van der Waals surface area (Å²) in [6, 6.07) is 9.83. The summed E-state index contributed by atoms with van der Waals surface area (Å²) in [6.07, 6.45) is 7.63. The lowest BCUT2D eigenvalue weighted by Crippen LogP contribution is -2.29. The Bertz CT molecular complexity index is 1010. The molecule has 1 aromatic carbocycles. The van der Waals surface area contributed by atoms with Crippen molar-refractivity contribution >= 4 is 23.4 Å². The van der Waals surface area contributed by atoms with Crippen LogP contribution < -0.4 is 10.2 Å². The van der Waals surface area contributed by atoms with E-state index in [4.69, 9.17) is 5.41 Å². The molecule has 7 heteroatoms. The molecule has 4 rings (SSSR count). The molecule has 0 saturated carbocycles. The molecule has 0 spiro atoms. The van der Waals surface area contributed by atoms with Gasteiger partial charge in [-0.25, -0.2) is 4.98 Å². The Hall–Kier alpha value is -3.19. The smallest absolute Gasteiger partial charge is 0.130 e. The number of aryl methyl sites for hydroxylation is 1. The van der Waals surface area contributed by atoms with Gasteiger partial charge in [-0.2, -0.15) is 5.10 Å². The Kier molecular flexibility index (Phi) is 4.60. The summed E-state index contributed by atoms with van der Waals surface area (Å²) in [5.74, 6) is 0.836. The van der Waals surface area contributed by atoms with E-state index in [1.165, 1.54) is 6.21 Å². The van der Waals surface area contributed by atoms with E-state index in [1.807, 2.05) is 56.7 Å². The molecule has 0 bridgehead atoms. The van der Waals surface area contributed by atoms with Crippen molar-refractivity contribution in [2.75, 3.05) is 23.3 Å². The lowest BCUT2D eigenvalue weighted by atomic mass is 10.1. The molecular formula is C21H24N6O. The predicted octanol–water partition coefficient (Wildman–Crippen LogP) is 3.18. The maximum Gasteiger partial charge on any atom is 0.130 e. The van der Waals surface area contributed by atoms with Crippen molar-refractivity contribution in [3.8, 4) is 11.1 Å². The second kappa shape index (κ2) is 7.09. The van der Waals surface area contributed by atoms with E-state index >= 15 is 0 Å². The molecule has 7 nitrogen and oxygen atoms in total. The number of nitrogens with zero attached hydrogens (tertiary/aromatic N) is 4. The minimum Gasteiger partial charge on any atom is -0.388 e. The number of aromatic nitrogens is 3. The van der Waals surface area contributed by atoms with Gasteiger partial charge in [-0.1, -0.05) is 12.1 Å². The number of nitrogens with one attached hydrogen (secondary N) is 2. The molecule has 1 atom stereocenters. The van der Waals surface area contributed by atoms with Gasteiger partial charge in [-0.3, -0.25) is 4.68 Å². The maximum atomic E-state index is 10.2. The lowest BCUT2D eigenvalue weighted by molar-refractivity contribution is 0.0839. The average molecular weight is 376 g/mol. The molecule has 3 N–H and O–H groups in total. The van der Waals surface area contributed by atoms with Gasteiger partial charge in [0.25, 0.3) is 0 Å². The highest BCUT2D eigenvalue weighted by atomic mass is 16.3. The fourth-order valence-electron chi connectivity index (χ4n) is 3.51. The van der Waals surface area contributed by atoms with Crippen molar-refractivity contribution in [3.05, 3.63) is 54.5 Å². The van der Waals surface area contributed by atoms with E-state index in [0.717, 1.165) is 46.8 Å². The van der Waals surface area contributed by atoms with Crippen molar-refractivity contribution < 1.29 is 5.11 Å². The first-order valence-electron chi connectivity index (χ1n) is 9.27. The van der Waals surface area contributed by atoms with Gasteiger partial charge in [0.1, 0.15) is 5.82 Å². The zero-order chi connectivity index (χ0) is 19.7. The summed E-state index contributed by atoms with van der Waals surface area (Å²) in [5, 5.41) is 25.6. The SMILES string of the molecule is Cn1cc(-c2ccc(C=N)c(Nc3ccnc(N4CCC(C)(O)C4)c3)c2)cn1. The van der Waals surface area contributed by atoms with Gasteiger partial charge in [0, 0.05) is 67.3 Å². The van der Waals surface area contributed by atoms with E-state index in [9.17, 15) is 5.11 Å². The molecule has 3 heterocycles. The van der Waals surface area contributed by atoms with E-state index in [-0.39, 0.29) is 0 Å². The molecule has 1 saturated heterocycles. The standard InChI is InChI=1S/C21H24N6O/c1-21(28)6-8-27(14-21)20-10-18(5-7-23-20)25-19-9-15(3-4-16(19)11-22)17-12-24-26(2)13-17/h3-5,7,9-13,22,28H,6,8,14H2,1-2H3,(H,23,25). The number of aliphatic hydroxyl groups is 1. The molecule has 3 aromatic rings. The van der Waals surface area contributed by atoms with Gasteiger partial charge >= 0.3 is 0 Å². The topological polar surface area (TPSA) is 90.1 Å². The van der Waals surface area contributed by atoms with Gasteiger partial charge < -0.3 is 20.7 Å². The molecule has 1 aliphatic rings. The van der Waals surface area contributed by atoms with Crippen molar-refractivity contribution in [3.63, 3.8) is 0 Å². The summed E-state index contributed by atoms with van der Waals surface area (Å²) >= 11 is 0. The lowest BCUT2D eigenvalue weighted by Gasteiger charge is -2.20. The van der Waals surface area contributed by atoms with Crippen LogP contribution in [0, 0.1) is 5.41 Å². The van der Waals surface area contributed by atoms with E-state index in [1.54, 1.807) is 10.9 Å². The Morgan fingerprint density at radius 1 is 1.25 bits per heavy atom. The summed E-state index contributed by atoms with van der Waals surface area (Å²) < 4.78 is 1.77. The zero-order valence-corrected chi connectivity index (χ0v) is 16.1. The third kappa shape index (κ3) is 3.75.